The highest BCUT2D eigenvalue weighted by molar-refractivity contribution is 9.10. The van der Waals surface area contributed by atoms with Gasteiger partial charge in [-0.05, 0) is 19.1 Å². The zero-order valence-corrected chi connectivity index (χ0v) is 17.4. The molecule has 0 amide bonds. The third-order valence-electron chi connectivity index (χ3n) is 3.55. The summed E-state index contributed by atoms with van der Waals surface area (Å²) in [6.45, 7) is 1.45. The van der Waals surface area contributed by atoms with Gasteiger partial charge in [0.15, 0.2) is 5.78 Å². The quantitative estimate of drug-likeness (QED) is 0.256. The van der Waals surface area contributed by atoms with Gasteiger partial charge >= 0.3 is 30.3 Å². The molecule has 0 aliphatic carbocycles. The van der Waals surface area contributed by atoms with Crippen LogP contribution in [-0.2, 0) is 26.1 Å². The van der Waals surface area contributed by atoms with Crippen molar-refractivity contribution in [3.63, 3.8) is 0 Å². The highest BCUT2D eigenvalue weighted by Gasteiger charge is 2.49. The SMILES string of the molecule is COC(=O)c1c(C(C)=O)c2c(Br)cccc2n1C.O=C(OC(=O)C(F)(F)F)C(F)(F)F. The number of benzene rings is 1. The maximum absolute atomic E-state index is 11.8. The Morgan fingerprint density at radius 3 is 1.84 bits per heavy atom. The van der Waals surface area contributed by atoms with Gasteiger partial charge in [-0.15, -0.1) is 0 Å². The van der Waals surface area contributed by atoms with Crippen LogP contribution >= 0.6 is 15.9 Å². The second kappa shape index (κ2) is 9.49. The minimum absolute atomic E-state index is 0.159. The summed E-state index contributed by atoms with van der Waals surface area (Å²) >= 11 is 3.42. The first-order chi connectivity index (χ1) is 14.0. The van der Waals surface area contributed by atoms with Crippen molar-refractivity contribution >= 4 is 50.5 Å². The number of hydrogen-bond acceptors (Lipinski definition) is 6. The van der Waals surface area contributed by atoms with Crippen molar-refractivity contribution in [2.75, 3.05) is 7.11 Å². The van der Waals surface area contributed by atoms with Gasteiger partial charge in [-0.1, -0.05) is 22.0 Å². The third-order valence-corrected chi connectivity index (χ3v) is 4.22. The van der Waals surface area contributed by atoms with Crippen LogP contribution in [0, 0.1) is 0 Å². The molecule has 0 spiro atoms. The number of ketones is 1. The highest BCUT2D eigenvalue weighted by atomic mass is 79.9. The molecular formula is C17H12BrF6NO6. The van der Waals surface area contributed by atoms with Gasteiger partial charge in [0.1, 0.15) is 5.69 Å². The van der Waals surface area contributed by atoms with E-state index in [0.717, 1.165) is 15.4 Å². The molecule has 0 aliphatic rings. The van der Waals surface area contributed by atoms with Crippen LogP contribution < -0.4 is 0 Å². The van der Waals surface area contributed by atoms with Crippen LogP contribution in [0.25, 0.3) is 10.9 Å². The number of esters is 3. The minimum Gasteiger partial charge on any atom is -0.464 e. The van der Waals surface area contributed by atoms with Gasteiger partial charge in [0.2, 0.25) is 0 Å². The van der Waals surface area contributed by atoms with Gasteiger partial charge < -0.3 is 14.0 Å². The van der Waals surface area contributed by atoms with Crippen molar-refractivity contribution in [2.45, 2.75) is 19.3 Å². The van der Waals surface area contributed by atoms with E-state index in [-0.39, 0.29) is 11.5 Å². The smallest absolute Gasteiger partial charge is 0.464 e. The minimum atomic E-state index is -5.62. The first kappa shape index (κ1) is 26.1. The van der Waals surface area contributed by atoms with Gasteiger partial charge in [-0.3, -0.25) is 4.79 Å². The number of aromatic nitrogens is 1. The number of alkyl halides is 6. The number of Topliss-reactive ketones (excluding diaryl/α,β-unsaturated/α-hetero) is 1. The number of ether oxygens (including phenoxy) is 2. The van der Waals surface area contributed by atoms with Crippen molar-refractivity contribution in [3.8, 4) is 0 Å². The number of methoxy groups -OCH3 is 1. The number of fused-ring (bicyclic) bond motifs is 1. The van der Waals surface area contributed by atoms with E-state index in [1.807, 2.05) is 18.2 Å². The van der Waals surface area contributed by atoms with E-state index in [4.69, 9.17) is 4.74 Å². The number of hydrogen-bond donors (Lipinski definition) is 0. The Morgan fingerprint density at radius 1 is 0.968 bits per heavy atom. The Morgan fingerprint density at radius 2 is 1.45 bits per heavy atom. The molecule has 14 heteroatoms. The van der Waals surface area contributed by atoms with Crippen molar-refractivity contribution in [1.29, 1.82) is 0 Å². The second-order valence-electron chi connectivity index (χ2n) is 5.64. The number of rotatable bonds is 2. The van der Waals surface area contributed by atoms with Crippen molar-refractivity contribution < 1.29 is 55.0 Å². The molecule has 7 nitrogen and oxygen atoms in total. The fourth-order valence-electron chi connectivity index (χ4n) is 2.32. The van der Waals surface area contributed by atoms with E-state index in [9.17, 15) is 45.5 Å². The summed E-state index contributed by atoms with van der Waals surface area (Å²) in [5.74, 6) is -7.07. The Kier molecular flexibility index (Phi) is 8.00. The molecule has 0 bridgehead atoms. The largest absolute Gasteiger partial charge is 0.491 e. The number of aryl methyl sites for hydroxylation is 1. The summed E-state index contributed by atoms with van der Waals surface area (Å²) in [4.78, 5) is 43.0. The van der Waals surface area contributed by atoms with Crippen LogP contribution in [0.1, 0.15) is 27.8 Å². The van der Waals surface area contributed by atoms with E-state index in [1.54, 1.807) is 11.6 Å². The Balaban J connectivity index is 0.000000330. The summed E-state index contributed by atoms with van der Waals surface area (Å²) in [5.41, 5.74) is 1.49. The number of halogens is 7. The molecule has 31 heavy (non-hydrogen) atoms. The molecule has 0 fully saturated rings. The van der Waals surface area contributed by atoms with E-state index in [0.29, 0.717) is 5.56 Å². The molecule has 0 saturated carbocycles. The first-order valence-corrected chi connectivity index (χ1v) is 8.59. The van der Waals surface area contributed by atoms with Gasteiger partial charge in [0.25, 0.3) is 0 Å². The summed E-state index contributed by atoms with van der Waals surface area (Å²) < 4.78 is 76.9. The van der Waals surface area contributed by atoms with E-state index in [1.165, 1.54) is 14.0 Å². The summed E-state index contributed by atoms with van der Waals surface area (Å²) in [6.07, 6.45) is -11.2. The summed E-state index contributed by atoms with van der Waals surface area (Å²) in [5, 5.41) is 0.743. The Labute approximate surface area is 178 Å². The first-order valence-electron chi connectivity index (χ1n) is 7.80. The van der Waals surface area contributed by atoms with Crippen LogP contribution in [0.15, 0.2) is 22.7 Å². The normalized spacial score (nSPS) is 11.4. The average molecular weight is 520 g/mol. The number of carbonyl (C=O) groups excluding carboxylic acids is 4. The average Bonchev–Trinajstić information content (AvgIpc) is 2.94. The summed E-state index contributed by atoms with van der Waals surface area (Å²) in [7, 11) is 3.05. The van der Waals surface area contributed by atoms with Gasteiger partial charge in [0, 0.05) is 16.9 Å². The van der Waals surface area contributed by atoms with Gasteiger partial charge in [-0.25, -0.2) is 14.4 Å². The zero-order valence-electron chi connectivity index (χ0n) is 15.8. The van der Waals surface area contributed by atoms with Crippen molar-refractivity contribution in [3.05, 3.63) is 33.9 Å². The molecule has 1 aromatic heterocycles. The fraction of sp³-hybridized carbons (Fsp3) is 0.294. The predicted molar refractivity (Wildman–Crippen MR) is 95.2 cm³/mol. The second-order valence-corrected chi connectivity index (χ2v) is 6.49. The molecule has 2 rings (SSSR count). The lowest BCUT2D eigenvalue weighted by atomic mass is 10.1. The Bertz CT molecular complexity index is 1020. The van der Waals surface area contributed by atoms with E-state index < -0.39 is 30.3 Å². The monoisotopic (exact) mass is 519 g/mol. The van der Waals surface area contributed by atoms with E-state index in [2.05, 4.69) is 20.7 Å². The molecular weight excluding hydrogens is 508 g/mol. The molecule has 0 aliphatic heterocycles. The lowest BCUT2D eigenvalue weighted by Crippen LogP contribution is -2.34. The van der Waals surface area contributed by atoms with Crippen LogP contribution in [0.4, 0.5) is 26.3 Å². The lowest BCUT2D eigenvalue weighted by molar-refractivity contribution is -0.221. The summed E-state index contributed by atoms with van der Waals surface area (Å²) in [6, 6.07) is 5.56. The van der Waals surface area contributed by atoms with Crippen LogP contribution in [0.5, 0.6) is 0 Å². The highest BCUT2D eigenvalue weighted by Crippen LogP contribution is 2.32. The predicted octanol–water partition coefficient (Wildman–Crippen LogP) is 4.11. The zero-order chi connectivity index (χ0) is 24.3. The number of nitrogens with zero attached hydrogens (tertiary/aromatic N) is 1. The molecule has 1 heterocycles. The van der Waals surface area contributed by atoms with Crippen LogP contribution in [0.2, 0.25) is 0 Å². The maximum Gasteiger partial charge on any atom is 0.491 e. The van der Waals surface area contributed by atoms with Crippen LogP contribution in [-0.4, -0.2) is 47.7 Å². The van der Waals surface area contributed by atoms with E-state index >= 15 is 0 Å². The molecule has 0 N–H and O–H groups in total. The van der Waals surface area contributed by atoms with Gasteiger partial charge in [0.05, 0.1) is 18.2 Å². The Hall–Kier alpha value is -2.90. The lowest BCUT2D eigenvalue weighted by Gasteiger charge is -2.06. The molecule has 0 saturated heterocycles. The third kappa shape index (κ3) is 6.06. The molecule has 1 aromatic carbocycles. The fourth-order valence-corrected chi connectivity index (χ4v) is 2.88. The topological polar surface area (TPSA) is 91.7 Å². The molecule has 0 radical (unpaired) electrons. The number of carbonyl (C=O) groups is 4. The molecule has 2 aromatic rings. The van der Waals surface area contributed by atoms with Crippen molar-refractivity contribution in [2.24, 2.45) is 7.05 Å². The van der Waals surface area contributed by atoms with Crippen molar-refractivity contribution in [1.82, 2.24) is 4.57 Å². The molecule has 170 valence electrons. The standard InChI is InChI=1S/C13H12BrNO3.C4F6O3/c1-7(16)10-11-8(14)5-4-6-9(11)15(2)12(10)13(17)18-3;5-3(6,7)1(11)13-2(12)4(8,9)10/h4-6H,1-3H3;. The van der Waals surface area contributed by atoms with Crippen LogP contribution in [0.3, 0.4) is 0 Å². The molecule has 0 atom stereocenters. The molecule has 0 unspecified atom stereocenters. The maximum atomic E-state index is 11.8. The van der Waals surface area contributed by atoms with Gasteiger partial charge in [-0.2, -0.15) is 26.3 Å².